The molecule has 0 saturated heterocycles. The van der Waals surface area contributed by atoms with Crippen molar-refractivity contribution in [1.82, 2.24) is 0 Å². The van der Waals surface area contributed by atoms with Crippen molar-refractivity contribution in [3.05, 3.63) is 88.4 Å². The average molecular weight is 406 g/mol. The van der Waals surface area contributed by atoms with E-state index >= 15 is 0 Å². The summed E-state index contributed by atoms with van der Waals surface area (Å²) in [4.78, 5) is 24.8. The van der Waals surface area contributed by atoms with Crippen molar-refractivity contribution in [2.75, 3.05) is 12.4 Å². The first-order chi connectivity index (χ1) is 13.9. The summed E-state index contributed by atoms with van der Waals surface area (Å²) in [7, 11) is 1.35. The molecule has 1 aliphatic heterocycles. The average Bonchev–Trinajstić information content (AvgIpc) is 2.97. The van der Waals surface area contributed by atoms with Gasteiger partial charge < -0.3 is 10.1 Å². The number of amides is 1. The lowest BCUT2D eigenvalue weighted by molar-refractivity contribution is -0.120. The van der Waals surface area contributed by atoms with E-state index < -0.39 is 11.4 Å². The summed E-state index contributed by atoms with van der Waals surface area (Å²) in [5, 5.41) is 3.68. The van der Waals surface area contributed by atoms with Gasteiger partial charge in [-0.3, -0.25) is 4.79 Å². The Bertz CT molecular complexity index is 1120. The van der Waals surface area contributed by atoms with E-state index in [0.29, 0.717) is 17.0 Å². The molecule has 0 bridgehead atoms. The van der Waals surface area contributed by atoms with E-state index in [9.17, 15) is 9.59 Å². The lowest BCUT2D eigenvalue weighted by Crippen LogP contribution is -2.33. The molecule has 0 spiro atoms. The summed E-state index contributed by atoms with van der Waals surface area (Å²) in [5.41, 5.74) is 4.23. The van der Waals surface area contributed by atoms with Gasteiger partial charge in [0, 0.05) is 16.3 Å². The number of anilines is 1. The van der Waals surface area contributed by atoms with Crippen LogP contribution in [0, 0.1) is 0 Å². The van der Waals surface area contributed by atoms with Gasteiger partial charge in [-0.15, -0.1) is 0 Å². The van der Waals surface area contributed by atoms with Gasteiger partial charge >= 0.3 is 5.97 Å². The van der Waals surface area contributed by atoms with Gasteiger partial charge in [-0.2, -0.15) is 0 Å². The molecule has 0 aliphatic carbocycles. The van der Waals surface area contributed by atoms with Crippen LogP contribution in [-0.2, 0) is 21.4 Å². The molecule has 1 aliphatic rings. The van der Waals surface area contributed by atoms with Crippen LogP contribution in [0.15, 0.2) is 66.7 Å². The zero-order valence-corrected chi connectivity index (χ0v) is 16.9. The number of rotatable bonds is 4. The molecular weight excluding hydrogens is 386 g/mol. The summed E-state index contributed by atoms with van der Waals surface area (Å²) in [6.07, 6.45) is 0.474. The highest BCUT2D eigenvalue weighted by molar-refractivity contribution is 6.33. The van der Waals surface area contributed by atoms with Crippen LogP contribution in [-0.4, -0.2) is 19.0 Å². The Morgan fingerprint density at radius 2 is 1.86 bits per heavy atom. The van der Waals surface area contributed by atoms with Gasteiger partial charge in [-0.1, -0.05) is 54.1 Å². The van der Waals surface area contributed by atoms with Gasteiger partial charge in [0.2, 0.25) is 5.91 Å². The van der Waals surface area contributed by atoms with Crippen LogP contribution in [0.1, 0.15) is 28.4 Å². The Balaban J connectivity index is 1.70. The zero-order chi connectivity index (χ0) is 20.6. The number of fused-ring (bicyclic) bond motifs is 1. The third kappa shape index (κ3) is 3.40. The van der Waals surface area contributed by atoms with Crippen molar-refractivity contribution in [1.29, 1.82) is 0 Å². The number of halogens is 1. The Kier molecular flexibility index (Phi) is 4.89. The molecule has 1 unspecified atom stereocenters. The van der Waals surface area contributed by atoms with Crippen molar-refractivity contribution in [3.63, 3.8) is 0 Å². The minimum atomic E-state index is -0.733. The van der Waals surface area contributed by atoms with Crippen LogP contribution in [0.4, 0.5) is 5.69 Å². The predicted molar refractivity (Wildman–Crippen MR) is 114 cm³/mol. The molecule has 4 nitrogen and oxygen atoms in total. The van der Waals surface area contributed by atoms with Crippen LogP contribution in [0.3, 0.4) is 0 Å². The van der Waals surface area contributed by atoms with Crippen LogP contribution >= 0.6 is 11.6 Å². The number of hydrogen-bond acceptors (Lipinski definition) is 3. The third-order valence-corrected chi connectivity index (χ3v) is 5.78. The van der Waals surface area contributed by atoms with E-state index in [1.165, 1.54) is 7.11 Å². The summed E-state index contributed by atoms with van der Waals surface area (Å²) >= 11 is 6.33. The second-order valence-electron chi connectivity index (χ2n) is 7.40. The summed E-state index contributed by atoms with van der Waals surface area (Å²) in [6, 6.07) is 20.8. The minimum absolute atomic E-state index is 0.0627. The van der Waals surface area contributed by atoms with Gasteiger partial charge in [-0.05, 0) is 54.3 Å². The van der Waals surface area contributed by atoms with Gasteiger partial charge in [0.25, 0.3) is 0 Å². The highest BCUT2D eigenvalue weighted by Gasteiger charge is 2.42. The molecule has 5 heteroatoms. The molecule has 0 saturated carbocycles. The lowest BCUT2D eigenvalue weighted by Gasteiger charge is -2.23. The molecule has 3 aromatic carbocycles. The van der Waals surface area contributed by atoms with Gasteiger partial charge in [0.1, 0.15) is 0 Å². The lowest BCUT2D eigenvalue weighted by atomic mass is 9.78. The number of carbonyl (C=O) groups is 2. The normalized spacial score (nSPS) is 17.6. The van der Waals surface area contributed by atoms with Crippen LogP contribution in [0.25, 0.3) is 11.1 Å². The number of methoxy groups -OCH3 is 1. The number of nitrogens with one attached hydrogen (secondary N) is 1. The number of benzene rings is 3. The topological polar surface area (TPSA) is 55.4 Å². The largest absolute Gasteiger partial charge is 0.465 e. The van der Waals surface area contributed by atoms with Gasteiger partial charge in [0.15, 0.2) is 0 Å². The predicted octanol–water partition coefficient (Wildman–Crippen LogP) is 5.25. The molecule has 29 heavy (non-hydrogen) atoms. The molecule has 0 aromatic heterocycles. The first-order valence-corrected chi connectivity index (χ1v) is 9.68. The second-order valence-corrected chi connectivity index (χ2v) is 7.80. The molecule has 1 amide bonds. The molecule has 1 atom stereocenters. The number of ether oxygens (including phenoxy) is 1. The highest BCUT2D eigenvalue weighted by Crippen LogP contribution is 2.42. The van der Waals surface area contributed by atoms with Crippen molar-refractivity contribution in [3.8, 4) is 11.1 Å². The third-order valence-electron chi connectivity index (χ3n) is 5.45. The Morgan fingerprint density at radius 1 is 1.07 bits per heavy atom. The molecule has 1 heterocycles. The summed E-state index contributed by atoms with van der Waals surface area (Å²) in [6.45, 7) is 1.92. The van der Waals surface area contributed by atoms with E-state index in [1.54, 1.807) is 18.2 Å². The molecular formula is C24H20ClNO3. The minimum Gasteiger partial charge on any atom is -0.465 e. The quantitative estimate of drug-likeness (QED) is 0.603. The fraction of sp³-hybridized carbons (Fsp3) is 0.167. The number of carbonyl (C=O) groups excluding carboxylic acids is 2. The summed E-state index contributed by atoms with van der Waals surface area (Å²) in [5.74, 6) is -0.454. The Labute approximate surface area is 174 Å². The Morgan fingerprint density at radius 3 is 2.62 bits per heavy atom. The first kappa shape index (κ1) is 19.2. The molecule has 4 rings (SSSR count). The number of esters is 1. The van der Waals surface area contributed by atoms with Gasteiger partial charge in [0.05, 0.1) is 18.1 Å². The van der Waals surface area contributed by atoms with Crippen molar-refractivity contribution in [2.45, 2.75) is 18.8 Å². The zero-order valence-electron chi connectivity index (χ0n) is 16.2. The SMILES string of the molecule is COC(=O)c1cccc(CC2(C)C(=O)Nc3cc(-c4ccccc4Cl)ccc32)c1. The molecule has 146 valence electrons. The second kappa shape index (κ2) is 7.37. The fourth-order valence-corrected chi connectivity index (χ4v) is 4.13. The maximum absolute atomic E-state index is 12.9. The van der Waals surface area contributed by atoms with Gasteiger partial charge in [-0.25, -0.2) is 4.79 Å². The smallest absolute Gasteiger partial charge is 0.337 e. The maximum Gasteiger partial charge on any atom is 0.337 e. The number of hydrogen-bond donors (Lipinski definition) is 1. The highest BCUT2D eigenvalue weighted by atomic mass is 35.5. The van der Waals surface area contributed by atoms with Crippen LogP contribution in [0.2, 0.25) is 5.02 Å². The molecule has 0 radical (unpaired) electrons. The van der Waals surface area contributed by atoms with Crippen LogP contribution in [0.5, 0.6) is 0 Å². The van der Waals surface area contributed by atoms with Crippen molar-refractivity contribution in [2.24, 2.45) is 0 Å². The maximum atomic E-state index is 12.9. The molecule has 0 fully saturated rings. The monoisotopic (exact) mass is 405 g/mol. The first-order valence-electron chi connectivity index (χ1n) is 9.30. The fourth-order valence-electron chi connectivity index (χ4n) is 3.88. The van der Waals surface area contributed by atoms with E-state index in [0.717, 1.165) is 27.9 Å². The Hall–Kier alpha value is -3.11. The molecule has 1 N–H and O–H groups in total. The van der Waals surface area contributed by atoms with Crippen molar-refractivity contribution >= 4 is 29.2 Å². The molecule has 3 aromatic rings. The van der Waals surface area contributed by atoms with E-state index in [4.69, 9.17) is 16.3 Å². The standard InChI is InChI=1S/C24H20ClNO3/c1-24(14-15-6-5-7-17(12-15)22(27)29-2)19-11-10-16(13-21(19)26-23(24)28)18-8-3-4-9-20(18)25/h3-13H,14H2,1-2H3,(H,26,28). The van der Waals surface area contributed by atoms with Crippen LogP contribution < -0.4 is 5.32 Å². The summed E-state index contributed by atoms with van der Waals surface area (Å²) < 4.78 is 4.80. The van der Waals surface area contributed by atoms with E-state index in [2.05, 4.69) is 5.32 Å². The van der Waals surface area contributed by atoms with E-state index in [-0.39, 0.29) is 5.91 Å². The van der Waals surface area contributed by atoms with E-state index in [1.807, 2.05) is 55.5 Å². The van der Waals surface area contributed by atoms with Crippen molar-refractivity contribution < 1.29 is 14.3 Å².